The Morgan fingerprint density at radius 1 is 0.944 bits per heavy atom. The maximum atomic E-state index is 4.60. The highest BCUT2D eigenvalue weighted by molar-refractivity contribution is 5.67. The van der Waals surface area contributed by atoms with Gasteiger partial charge in [-0.05, 0) is 23.6 Å². The van der Waals surface area contributed by atoms with Gasteiger partial charge >= 0.3 is 0 Å². The molecule has 0 saturated carbocycles. The van der Waals surface area contributed by atoms with E-state index in [1.165, 1.54) is 11.1 Å². The third-order valence-electron chi connectivity index (χ3n) is 2.91. The molecule has 0 unspecified atom stereocenters. The number of hydrogen-bond donors (Lipinski definition) is 0. The number of aryl methyl sites for hydroxylation is 1. The van der Waals surface area contributed by atoms with Gasteiger partial charge in [0.25, 0.3) is 0 Å². The second-order valence-electron chi connectivity index (χ2n) is 4.38. The van der Waals surface area contributed by atoms with Crippen molar-refractivity contribution in [3.63, 3.8) is 0 Å². The van der Waals surface area contributed by atoms with Crippen molar-refractivity contribution in [3.05, 3.63) is 65.7 Å². The van der Waals surface area contributed by atoms with Crippen LogP contribution in [0.3, 0.4) is 0 Å². The van der Waals surface area contributed by atoms with Crippen molar-refractivity contribution in [1.82, 2.24) is 0 Å². The summed E-state index contributed by atoms with van der Waals surface area (Å²) in [6.07, 6.45) is 5.15. The van der Waals surface area contributed by atoms with E-state index in [2.05, 4.69) is 54.4 Å². The largest absolute Gasteiger partial charge is 0.261 e. The Morgan fingerprint density at radius 2 is 1.67 bits per heavy atom. The van der Waals surface area contributed by atoms with E-state index < -0.39 is 0 Å². The molecule has 0 saturated heterocycles. The van der Waals surface area contributed by atoms with Crippen molar-refractivity contribution >= 4 is 11.9 Å². The van der Waals surface area contributed by atoms with Gasteiger partial charge in [0.2, 0.25) is 0 Å². The van der Waals surface area contributed by atoms with Crippen LogP contribution in [0.4, 0.5) is 5.69 Å². The molecule has 1 nitrogen and oxygen atoms in total. The fourth-order valence-electron chi connectivity index (χ4n) is 1.98. The lowest BCUT2D eigenvalue weighted by molar-refractivity contribution is 0.921. The molecule has 1 heteroatoms. The number of para-hydroxylation sites is 1. The Balaban J connectivity index is 2.05. The maximum absolute atomic E-state index is 4.60. The van der Waals surface area contributed by atoms with E-state index in [0.29, 0.717) is 0 Å². The average molecular weight is 237 g/mol. The molecule has 0 spiro atoms. The van der Waals surface area contributed by atoms with E-state index >= 15 is 0 Å². The van der Waals surface area contributed by atoms with Crippen LogP contribution in [0.25, 0.3) is 0 Å². The van der Waals surface area contributed by atoms with Gasteiger partial charge in [-0.1, -0.05) is 61.9 Å². The third-order valence-corrected chi connectivity index (χ3v) is 2.91. The number of aliphatic imine (C=N–C) groups is 1. The van der Waals surface area contributed by atoms with Crippen LogP contribution in [0.1, 0.15) is 24.5 Å². The van der Waals surface area contributed by atoms with E-state index in [1.54, 1.807) is 0 Å². The topological polar surface area (TPSA) is 12.4 Å². The van der Waals surface area contributed by atoms with Crippen molar-refractivity contribution in [2.45, 2.75) is 26.2 Å². The van der Waals surface area contributed by atoms with E-state index in [0.717, 1.165) is 24.9 Å². The first-order chi connectivity index (χ1) is 8.90. The molecule has 2 aromatic rings. The standard InChI is InChI=1S/C17H19N/c1-2-8-16-11-6-7-12-17(16)18-14-13-15-9-4-3-5-10-15/h3-7,9-12,14H,2,8,13H2,1H3. The van der Waals surface area contributed by atoms with Gasteiger partial charge in [-0.15, -0.1) is 0 Å². The van der Waals surface area contributed by atoms with Gasteiger partial charge in [-0.25, -0.2) is 0 Å². The first-order valence-electron chi connectivity index (χ1n) is 6.54. The van der Waals surface area contributed by atoms with Crippen LogP contribution in [0.5, 0.6) is 0 Å². The molecule has 0 aliphatic heterocycles. The summed E-state index contributed by atoms with van der Waals surface area (Å²) in [5.74, 6) is 0. The summed E-state index contributed by atoms with van der Waals surface area (Å²) in [5, 5.41) is 0. The number of nitrogens with zero attached hydrogens (tertiary/aromatic N) is 1. The van der Waals surface area contributed by atoms with Crippen molar-refractivity contribution in [2.24, 2.45) is 4.99 Å². The van der Waals surface area contributed by atoms with Gasteiger partial charge in [-0.2, -0.15) is 0 Å². The minimum Gasteiger partial charge on any atom is -0.261 e. The van der Waals surface area contributed by atoms with Crippen molar-refractivity contribution in [2.75, 3.05) is 0 Å². The van der Waals surface area contributed by atoms with Crippen LogP contribution in [0.15, 0.2) is 59.6 Å². The normalized spacial score (nSPS) is 10.9. The molecule has 0 aromatic heterocycles. The second-order valence-corrected chi connectivity index (χ2v) is 4.38. The monoisotopic (exact) mass is 237 g/mol. The summed E-state index contributed by atoms with van der Waals surface area (Å²) in [4.78, 5) is 4.60. The van der Waals surface area contributed by atoms with Crippen LogP contribution >= 0.6 is 0 Å². The fourth-order valence-corrected chi connectivity index (χ4v) is 1.98. The first kappa shape index (κ1) is 12.6. The number of hydrogen-bond acceptors (Lipinski definition) is 1. The summed E-state index contributed by atoms with van der Waals surface area (Å²) in [6.45, 7) is 2.20. The zero-order valence-electron chi connectivity index (χ0n) is 10.8. The maximum Gasteiger partial charge on any atom is 0.0657 e. The lowest BCUT2D eigenvalue weighted by Gasteiger charge is -2.03. The molecule has 18 heavy (non-hydrogen) atoms. The molecule has 92 valence electrons. The summed E-state index contributed by atoms with van der Waals surface area (Å²) in [7, 11) is 0. The predicted octanol–water partition coefficient (Wildman–Crippen LogP) is 4.58. The van der Waals surface area contributed by atoms with Crippen LogP contribution in [-0.2, 0) is 12.8 Å². The highest BCUT2D eigenvalue weighted by Gasteiger charge is 1.97. The Kier molecular flexibility index (Phi) is 4.71. The molecule has 0 atom stereocenters. The predicted molar refractivity (Wildman–Crippen MR) is 78.7 cm³/mol. The van der Waals surface area contributed by atoms with Gasteiger partial charge in [-0.3, -0.25) is 4.99 Å². The van der Waals surface area contributed by atoms with Gasteiger partial charge in [0.1, 0.15) is 0 Å². The lowest BCUT2D eigenvalue weighted by atomic mass is 10.1. The quantitative estimate of drug-likeness (QED) is 0.675. The van der Waals surface area contributed by atoms with E-state index in [1.807, 2.05) is 18.3 Å². The van der Waals surface area contributed by atoms with E-state index in [4.69, 9.17) is 0 Å². The Hall–Kier alpha value is -1.89. The first-order valence-corrected chi connectivity index (χ1v) is 6.54. The Labute approximate surface area is 109 Å². The molecule has 0 radical (unpaired) electrons. The minimum absolute atomic E-state index is 0.890. The van der Waals surface area contributed by atoms with Gasteiger partial charge in [0.05, 0.1) is 5.69 Å². The van der Waals surface area contributed by atoms with Gasteiger partial charge in [0.15, 0.2) is 0 Å². The summed E-state index contributed by atoms with van der Waals surface area (Å²) >= 11 is 0. The Morgan fingerprint density at radius 3 is 2.44 bits per heavy atom. The van der Waals surface area contributed by atoms with Crippen LogP contribution < -0.4 is 0 Å². The molecule has 0 N–H and O–H groups in total. The van der Waals surface area contributed by atoms with Gasteiger partial charge in [0, 0.05) is 12.6 Å². The van der Waals surface area contributed by atoms with Crippen LogP contribution in [-0.4, -0.2) is 6.21 Å². The molecule has 0 aliphatic carbocycles. The van der Waals surface area contributed by atoms with Crippen molar-refractivity contribution in [3.8, 4) is 0 Å². The Bertz CT molecular complexity index is 500. The lowest BCUT2D eigenvalue weighted by Crippen LogP contribution is -1.87. The molecule has 0 amide bonds. The summed E-state index contributed by atoms with van der Waals surface area (Å²) in [5.41, 5.74) is 3.74. The van der Waals surface area contributed by atoms with Crippen LogP contribution in [0, 0.1) is 0 Å². The third kappa shape index (κ3) is 3.56. The minimum atomic E-state index is 0.890. The molecular formula is C17H19N. The SMILES string of the molecule is CCCc1ccccc1N=CCc1ccccc1. The van der Waals surface area contributed by atoms with Crippen LogP contribution in [0.2, 0.25) is 0 Å². The molecule has 0 bridgehead atoms. The molecule has 0 aliphatic rings. The zero-order valence-corrected chi connectivity index (χ0v) is 10.8. The second kappa shape index (κ2) is 6.75. The average Bonchev–Trinajstić information content (AvgIpc) is 2.42. The summed E-state index contributed by atoms with van der Waals surface area (Å²) in [6, 6.07) is 18.8. The molecule has 0 heterocycles. The zero-order chi connectivity index (χ0) is 12.6. The highest BCUT2D eigenvalue weighted by atomic mass is 14.7. The van der Waals surface area contributed by atoms with E-state index in [9.17, 15) is 0 Å². The van der Waals surface area contributed by atoms with E-state index in [-0.39, 0.29) is 0 Å². The van der Waals surface area contributed by atoms with Crippen molar-refractivity contribution < 1.29 is 0 Å². The van der Waals surface area contributed by atoms with Crippen molar-refractivity contribution in [1.29, 1.82) is 0 Å². The fraction of sp³-hybridized carbons (Fsp3) is 0.235. The molecule has 0 fully saturated rings. The molecule has 2 aromatic carbocycles. The summed E-state index contributed by atoms with van der Waals surface area (Å²) < 4.78 is 0. The molecule has 2 rings (SSSR count). The van der Waals surface area contributed by atoms with Gasteiger partial charge < -0.3 is 0 Å². The molecular weight excluding hydrogens is 218 g/mol. The number of benzene rings is 2. The smallest absolute Gasteiger partial charge is 0.0657 e. The number of rotatable bonds is 5. The highest BCUT2D eigenvalue weighted by Crippen LogP contribution is 2.19.